The number of allylic oxidation sites excluding steroid dienone is 1. The van der Waals surface area contributed by atoms with Crippen molar-refractivity contribution >= 4 is 0 Å². The van der Waals surface area contributed by atoms with Gasteiger partial charge >= 0.3 is 0 Å². The van der Waals surface area contributed by atoms with Gasteiger partial charge in [0.25, 0.3) is 0 Å². The van der Waals surface area contributed by atoms with Gasteiger partial charge in [-0.25, -0.2) is 0 Å². The molecular weight excluding hydrogens is 348 g/mol. The molecule has 29 heavy (non-hydrogen) atoms. The lowest BCUT2D eigenvalue weighted by atomic mass is 9.91. The van der Waals surface area contributed by atoms with Crippen LogP contribution in [0, 0.1) is 0 Å². The summed E-state index contributed by atoms with van der Waals surface area (Å²) in [6, 6.07) is 7.00. The van der Waals surface area contributed by atoms with Crippen LogP contribution >= 0.6 is 0 Å². The van der Waals surface area contributed by atoms with Crippen LogP contribution in [0.15, 0.2) is 30.9 Å². The first kappa shape index (κ1) is 26.0. The molecule has 0 amide bonds. The van der Waals surface area contributed by atoms with E-state index >= 15 is 0 Å². The molecule has 1 aromatic carbocycles. The van der Waals surface area contributed by atoms with E-state index in [0.29, 0.717) is 0 Å². The summed E-state index contributed by atoms with van der Waals surface area (Å²) in [6.07, 6.45) is 28.1. The van der Waals surface area contributed by atoms with Gasteiger partial charge in [0.15, 0.2) is 0 Å². The molecule has 0 heterocycles. The van der Waals surface area contributed by atoms with Crippen molar-refractivity contribution in [2.45, 2.75) is 136 Å². The lowest BCUT2D eigenvalue weighted by Crippen LogP contribution is -2.01. The van der Waals surface area contributed by atoms with E-state index in [1.165, 1.54) is 121 Å². The van der Waals surface area contributed by atoms with Gasteiger partial charge in [0, 0.05) is 0 Å². The van der Waals surface area contributed by atoms with Crippen molar-refractivity contribution in [3.8, 4) is 0 Å². The van der Waals surface area contributed by atoms with Crippen LogP contribution in [0.25, 0.3) is 0 Å². The Morgan fingerprint density at radius 1 is 0.586 bits per heavy atom. The van der Waals surface area contributed by atoms with Crippen molar-refractivity contribution in [3.05, 3.63) is 47.5 Å². The van der Waals surface area contributed by atoms with E-state index in [-0.39, 0.29) is 0 Å². The van der Waals surface area contributed by atoms with Crippen LogP contribution in [0.3, 0.4) is 0 Å². The third-order valence-corrected chi connectivity index (χ3v) is 6.31. The molecule has 0 saturated carbocycles. The summed E-state index contributed by atoms with van der Waals surface area (Å²) in [5, 5.41) is 0. The lowest BCUT2D eigenvalue weighted by molar-refractivity contribution is 0.570. The zero-order chi connectivity index (χ0) is 21.0. The van der Waals surface area contributed by atoms with Gasteiger partial charge in [-0.05, 0) is 48.8 Å². The van der Waals surface area contributed by atoms with Crippen LogP contribution in [-0.4, -0.2) is 0 Å². The van der Waals surface area contributed by atoms with Gasteiger partial charge in [0.05, 0.1) is 0 Å². The number of unbranched alkanes of at least 4 members (excludes halogenated alkanes) is 14. The molecule has 0 aliphatic rings. The Balaban J connectivity index is 2.37. The Hall–Kier alpha value is -1.04. The largest absolute Gasteiger partial charge is 0.103 e. The average molecular weight is 399 g/mol. The Kier molecular flexibility index (Phi) is 17.0. The molecule has 0 fully saturated rings. The van der Waals surface area contributed by atoms with E-state index in [1.54, 1.807) is 11.1 Å². The predicted molar refractivity (Wildman–Crippen MR) is 133 cm³/mol. The summed E-state index contributed by atoms with van der Waals surface area (Å²) in [7, 11) is 0. The number of aryl methyl sites for hydroxylation is 1. The Bertz CT molecular complexity index is 499. The summed E-state index contributed by atoms with van der Waals surface area (Å²) in [5.74, 6) is 0. The van der Waals surface area contributed by atoms with E-state index in [0.717, 1.165) is 6.42 Å². The average Bonchev–Trinajstić information content (AvgIpc) is 2.73. The zero-order valence-corrected chi connectivity index (χ0v) is 20.0. The maximum absolute atomic E-state index is 3.99. The number of hydrogen-bond acceptors (Lipinski definition) is 0. The maximum Gasteiger partial charge on any atom is -0.00973 e. The van der Waals surface area contributed by atoms with Crippen LogP contribution in [0.4, 0.5) is 0 Å². The number of benzene rings is 1. The minimum absolute atomic E-state index is 1.03. The fraction of sp³-hybridized carbons (Fsp3) is 0.724. The molecule has 0 spiro atoms. The Labute approximate surface area is 183 Å². The highest BCUT2D eigenvalue weighted by molar-refractivity contribution is 5.36. The normalized spacial score (nSPS) is 11.1. The summed E-state index contributed by atoms with van der Waals surface area (Å²) in [5.41, 5.74) is 4.81. The van der Waals surface area contributed by atoms with Crippen LogP contribution in [-0.2, 0) is 19.3 Å². The second kappa shape index (κ2) is 19.0. The van der Waals surface area contributed by atoms with Crippen molar-refractivity contribution in [2.75, 3.05) is 0 Å². The third kappa shape index (κ3) is 13.0. The lowest BCUT2D eigenvalue weighted by Gasteiger charge is -2.14. The highest BCUT2D eigenvalue weighted by Gasteiger charge is 2.08. The molecule has 166 valence electrons. The van der Waals surface area contributed by atoms with Gasteiger partial charge in [-0.1, -0.05) is 128 Å². The predicted octanol–water partition coefficient (Wildman–Crippen LogP) is 9.78. The third-order valence-electron chi connectivity index (χ3n) is 6.31. The molecule has 0 saturated heterocycles. The van der Waals surface area contributed by atoms with Crippen molar-refractivity contribution in [2.24, 2.45) is 0 Å². The molecule has 0 radical (unpaired) electrons. The van der Waals surface area contributed by atoms with Gasteiger partial charge in [0.2, 0.25) is 0 Å². The molecule has 1 rings (SSSR count). The van der Waals surface area contributed by atoms with Crippen LogP contribution in [0.5, 0.6) is 0 Å². The highest BCUT2D eigenvalue weighted by Crippen LogP contribution is 2.22. The standard InChI is InChI=1S/C29H50/c1-4-7-9-11-13-15-17-19-23-28-25-21-24-27(22-6-3)29(28)26-20-18-16-14-12-10-8-5-2/h6,21,24-25H,3-5,7-20,22-23,26H2,1-2H3. The summed E-state index contributed by atoms with van der Waals surface area (Å²) < 4.78 is 0. The van der Waals surface area contributed by atoms with Crippen LogP contribution in [0.2, 0.25) is 0 Å². The minimum atomic E-state index is 1.03. The summed E-state index contributed by atoms with van der Waals surface area (Å²) in [4.78, 5) is 0. The van der Waals surface area contributed by atoms with Crippen molar-refractivity contribution < 1.29 is 0 Å². The number of hydrogen-bond donors (Lipinski definition) is 0. The van der Waals surface area contributed by atoms with Gasteiger partial charge < -0.3 is 0 Å². The van der Waals surface area contributed by atoms with Crippen molar-refractivity contribution in [3.63, 3.8) is 0 Å². The molecule has 0 unspecified atom stereocenters. The molecule has 0 aliphatic carbocycles. The van der Waals surface area contributed by atoms with Gasteiger partial charge in [0.1, 0.15) is 0 Å². The smallest absolute Gasteiger partial charge is 0.00973 e. The van der Waals surface area contributed by atoms with E-state index in [9.17, 15) is 0 Å². The second-order valence-corrected chi connectivity index (χ2v) is 9.00. The fourth-order valence-corrected chi connectivity index (χ4v) is 4.47. The zero-order valence-electron chi connectivity index (χ0n) is 20.0. The van der Waals surface area contributed by atoms with Crippen LogP contribution in [0.1, 0.15) is 133 Å². The molecule has 0 aromatic heterocycles. The second-order valence-electron chi connectivity index (χ2n) is 9.00. The Morgan fingerprint density at radius 3 is 1.55 bits per heavy atom. The molecule has 0 atom stereocenters. The Morgan fingerprint density at radius 2 is 1.03 bits per heavy atom. The van der Waals surface area contributed by atoms with Gasteiger partial charge in [-0.3, -0.25) is 0 Å². The van der Waals surface area contributed by atoms with E-state index < -0.39 is 0 Å². The number of rotatable bonds is 20. The quantitative estimate of drug-likeness (QED) is 0.151. The maximum atomic E-state index is 3.99. The SMILES string of the molecule is C=CCc1cccc(CCCCCCCCCC)c1CCCCCCCCCC. The fourth-order valence-electron chi connectivity index (χ4n) is 4.47. The molecular formula is C29H50. The molecule has 0 nitrogen and oxygen atoms in total. The first-order valence-electron chi connectivity index (χ1n) is 13.0. The van der Waals surface area contributed by atoms with E-state index in [2.05, 4.69) is 44.7 Å². The van der Waals surface area contributed by atoms with Crippen LogP contribution < -0.4 is 0 Å². The van der Waals surface area contributed by atoms with Crippen molar-refractivity contribution in [1.29, 1.82) is 0 Å². The summed E-state index contributed by atoms with van der Waals surface area (Å²) >= 11 is 0. The summed E-state index contributed by atoms with van der Waals surface area (Å²) in [6.45, 7) is 8.58. The van der Waals surface area contributed by atoms with Gasteiger partial charge in [-0.15, -0.1) is 6.58 Å². The first-order chi connectivity index (χ1) is 14.3. The van der Waals surface area contributed by atoms with E-state index in [4.69, 9.17) is 0 Å². The first-order valence-corrected chi connectivity index (χ1v) is 13.0. The highest BCUT2D eigenvalue weighted by atomic mass is 14.1. The minimum Gasteiger partial charge on any atom is -0.103 e. The van der Waals surface area contributed by atoms with Crippen molar-refractivity contribution in [1.82, 2.24) is 0 Å². The molecule has 0 aliphatic heterocycles. The molecule has 0 N–H and O–H groups in total. The van der Waals surface area contributed by atoms with Gasteiger partial charge in [-0.2, -0.15) is 0 Å². The topological polar surface area (TPSA) is 0 Å². The van der Waals surface area contributed by atoms with E-state index in [1.807, 2.05) is 0 Å². The monoisotopic (exact) mass is 398 g/mol. The molecule has 1 aromatic rings. The molecule has 0 bridgehead atoms. The molecule has 0 heteroatoms.